The molecule has 3 fully saturated rings. The maximum Gasteiger partial charge on any atom is 0.319 e. The molecule has 1 aromatic heterocycles. The molecule has 0 bridgehead atoms. The van der Waals surface area contributed by atoms with E-state index < -0.39 is 28.7 Å². The summed E-state index contributed by atoms with van der Waals surface area (Å²) in [5.74, 6) is 0.619. The van der Waals surface area contributed by atoms with Crippen LogP contribution in [0.1, 0.15) is 70.4 Å². The van der Waals surface area contributed by atoms with Crippen molar-refractivity contribution in [3.63, 3.8) is 0 Å². The average Bonchev–Trinajstić information content (AvgIpc) is 3.70. The second kappa shape index (κ2) is 14.1. The standard InChI is InChI=1S/C43H46F2N6O4/c1-7-28-32(44)13-12-26-20-27(52)21-29(35(26)28)36-31(41(3,4)24-46)22-30-38(37(36)45)47-40(55-25-43-15-10-18-51(43)19-11-16-43)48-39(30)50-17-9-14-42(5,54)33(23-50)49(6)34(53)8-2/h1,8,12-13,20-22,33,52,54H,2,9-11,14-19,23,25H2,3-6H3. The highest BCUT2D eigenvalue weighted by Gasteiger charge is 2.45. The molecule has 3 aliphatic heterocycles. The first-order valence-corrected chi connectivity index (χ1v) is 18.8. The summed E-state index contributed by atoms with van der Waals surface area (Å²) in [7, 11) is 1.61. The largest absolute Gasteiger partial charge is 0.508 e. The molecule has 286 valence electrons. The number of aromatic hydroxyl groups is 1. The van der Waals surface area contributed by atoms with Gasteiger partial charge in [0.25, 0.3) is 0 Å². The van der Waals surface area contributed by atoms with Gasteiger partial charge in [-0.05, 0) is 119 Å². The van der Waals surface area contributed by atoms with Crippen LogP contribution in [0.2, 0.25) is 0 Å². The number of phenols is 1. The number of terminal acetylenes is 1. The maximum atomic E-state index is 17.9. The highest BCUT2D eigenvalue weighted by atomic mass is 19.1. The Labute approximate surface area is 320 Å². The van der Waals surface area contributed by atoms with E-state index in [2.05, 4.69) is 23.5 Å². The number of amides is 1. The van der Waals surface area contributed by atoms with Crippen molar-refractivity contribution in [3.05, 3.63) is 65.7 Å². The molecule has 0 radical (unpaired) electrons. The summed E-state index contributed by atoms with van der Waals surface area (Å²) in [4.78, 5) is 28.4. The number of hydrogen-bond donors (Lipinski definition) is 2. The van der Waals surface area contributed by atoms with E-state index in [0.29, 0.717) is 37.2 Å². The predicted molar refractivity (Wildman–Crippen MR) is 208 cm³/mol. The number of likely N-dealkylation sites (N-methyl/N-ethyl adjacent to an activating group) is 1. The molecule has 0 aliphatic carbocycles. The van der Waals surface area contributed by atoms with Gasteiger partial charge in [0.2, 0.25) is 5.91 Å². The van der Waals surface area contributed by atoms with Crippen molar-refractivity contribution >= 4 is 33.4 Å². The molecule has 2 unspecified atom stereocenters. The fraction of sp³-hybridized carbons (Fsp3) is 0.442. The molecule has 2 atom stereocenters. The first-order chi connectivity index (χ1) is 26.1. The molecule has 12 heteroatoms. The highest BCUT2D eigenvalue weighted by molar-refractivity contribution is 6.05. The molecule has 3 saturated heterocycles. The minimum Gasteiger partial charge on any atom is -0.508 e. The number of nitriles is 1. The highest BCUT2D eigenvalue weighted by Crippen LogP contribution is 2.46. The van der Waals surface area contributed by atoms with Crippen LogP contribution in [0.25, 0.3) is 32.8 Å². The smallest absolute Gasteiger partial charge is 0.319 e. The Morgan fingerprint density at radius 3 is 2.55 bits per heavy atom. The molecular weight excluding hydrogens is 703 g/mol. The molecule has 7 rings (SSSR count). The fourth-order valence-corrected chi connectivity index (χ4v) is 9.06. The summed E-state index contributed by atoms with van der Waals surface area (Å²) in [6.07, 6.45) is 11.9. The van der Waals surface area contributed by atoms with E-state index >= 15 is 8.78 Å². The monoisotopic (exact) mass is 748 g/mol. The van der Waals surface area contributed by atoms with Crippen molar-refractivity contribution in [1.29, 1.82) is 5.26 Å². The fourth-order valence-electron chi connectivity index (χ4n) is 9.06. The van der Waals surface area contributed by atoms with E-state index in [0.717, 1.165) is 38.8 Å². The second-order valence-corrected chi connectivity index (χ2v) is 16.0. The minimum atomic E-state index is -1.33. The molecule has 3 aliphatic rings. The molecule has 1 amide bonds. The minimum absolute atomic E-state index is 0.0491. The van der Waals surface area contributed by atoms with Gasteiger partial charge in [0.05, 0.1) is 34.2 Å². The van der Waals surface area contributed by atoms with E-state index in [1.54, 1.807) is 33.9 Å². The van der Waals surface area contributed by atoms with Crippen molar-refractivity contribution in [2.24, 2.45) is 0 Å². The van der Waals surface area contributed by atoms with E-state index in [1.165, 1.54) is 35.2 Å². The number of phenolic OH excluding ortho intramolecular Hbond substituents is 1. The molecular formula is C43H46F2N6O4. The topological polar surface area (TPSA) is 126 Å². The number of halogens is 2. The molecule has 0 spiro atoms. The molecule has 4 aromatic rings. The van der Waals surface area contributed by atoms with Gasteiger partial charge in [0.15, 0.2) is 5.82 Å². The van der Waals surface area contributed by atoms with Crippen LogP contribution in [-0.4, -0.2) is 92.9 Å². The van der Waals surface area contributed by atoms with Gasteiger partial charge in [-0.25, -0.2) is 8.78 Å². The second-order valence-electron chi connectivity index (χ2n) is 16.0. The average molecular weight is 749 g/mol. The number of rotatable bonds is 8. The molecule has 10 nitrogen and oxygen atoms in total. The van der Waals surface area contributed by atoms with Gasteiger partial charge in [-0.2, -0.15) is 15.2 Å². The van der Waals surface area contributed by atoms with Crippen LogP contribution >= 0.6 is 0 Å². The third kappa shape index (κ3) is 6.51. The van der Waals surface area contributed by atoms with Crippen LogP contribution in [0.15, 0.2) is 43.0 Å². The normalized spacial score (nSPS) is 21.2. The van der Waals surface area contributed by atoms with Gasteiger partial charge in [-0.3, -0.25) is 9.69 Å². The molecule has 3 aromatic carbocycles. The zero-order chi connectivity index (χ0) is 39.4. The van der Waals surface area contributed by atoms with Crippen LogP contribution < -0.4 is 9.64 Å². The number of aromatic nitrogens is 2. The Balaban J connectivity index is 1.51. The van der Waals surface area contributed by atoms with E-state index in [1.807, 2.05) is 4.90 Å². The maximum absolute atomic E-state index is 17.9. The predicted octanol–water partition coefficient (Wildman–Crippen LogP) is 6.59. The van der Waals surface area contributed by atoms with Gasteiger partial charge >= 0.3 is 6.01 Å². The van der Waals surface area contributed by atoms with Crippen LogP contribution in [0, 0.1) is 35.3 Å². The first kappa shape index (κ1) is 38.0. The molecule has 4 heterocycles. The van der Waals surface area contributed by atoms with E-state index in [-0.39, 0.29) is 68.3 Å². The van der Waals surface area contributed by atoms with Crippen LogP contribution in [0.4, 0.5) is 14.6 Å². The summed E-state index contributed by atoms with van der Waals surface area (Å²) in [6, 6.07) is 8.62. The zero-order valence-corrected chi connectivity index (χ0v) is 31.8. The van der Waals surface area contributed by atoms with Gasteiger partial charge < -0.3 is 24.7 Å². The number of fused-ring (bicyclic) bond motifs is 3. The van der Waals surface area contributed by atoms with Gasteiger partial charge in [0.1, 0.15) is 29.5 Å². The summed E-state index contributed by atoms with van der Waals surface area (Å²) in [5.41, 5.74) is -2.72. The number of aliphatic hydroxyl groups is 1. The molecule has 2 N–H and O–H groups in total. The lowest BCUT2D eigenvalue weighted by Gasteiger charge is -2.39. The van der Waals surface area contributed by atoms with E-state index in [4.69, 9.17) is 21.1 Å². The van der Waals surface area contributed by atoms with Gasteiger partial charge in [0, 0.05) is 36.5 Å². The lowest BCUT2D eigenvalue weighted by atomic mass is 9.79. The Morgan fingerprint density at radius 2 is 1.87 bits per heavy atom. The number of hydrogen-bond acceptors (Lipinski definition) is 9. The number of carbonyl (C=O) groups is 1. The van der Waals surface area contributed by atoms with Crippen molar-refractivity contribution in [1.82, 2.24) is 19.8 Å². The Bertz CT molecular complexity index is 2300. The Hall–Kier alpha value is -5.30. The van der Waals surface area contributed by atoms with Gasteiger partial charge in [-0.15, -0.1) is 6.42 Å². The number of carbonyl (C=O) groups excluding carboxylic acids is 1. The first-order valence-electron chi connectivity index (χ1n) is 18.8. The Kier molecular flexibility index (Phi) is 9.73. The summed E-state index contributed by atoms with van der Waals surface area (Å²) < 4.78 is 39.6. The van der Waals surface area contributed by atoms with Crippen LogP contribution in [0.5, 0.6) is 11.8 Å². The van der Waals surface area contributed by atoms with Crippen LogP contribution in [-0.2, 0) is 10.2 Å². The lowest BCUT2D eigenvalue weighted by molar-refractivity contribution is -0.132. The Morgan fingerprint density at radius 1 is 1.16 bits per heavy atom. The number of ether oxygens (including phenoxy) is 1. The van der Waals surface area contributed by atoms with Crippen molar-refractivity contribution in [2.45, 2.75) is 81.9 Å². The summed E-state index contributed by atoms with van der Waals surface area (Å²) >= 11 is 0. The lowest BCUT2D eigenvalue weighted by Crippen LogP contribution is -2.55. The zero-order valence-electron chi connectivity index (χ0n) is 31.8. The van der Waals surface area contributed by atoms with Crippen LogP contribution in [0.3, 0.4) is 0 Å². The van der Waals surface area contributed by atoms with Crippen molar-refractivity contribution < 1.29 is 28.5 Å². The van der Waals surface area contributed by atoms with Crippen molar-refractivity contribution in [2.75, 3.05) is 44.7 Å². The number of benzene rings is 3. The van der Waals surface area contributed by atoms with Crippen molar-refractivity contribution in [3.8, 4) is 41.3 Å². The summed E-state index contributed by atoms with van der Waals surface area (Å²) in [5, 5.41) is 33.9. The SMILES string of the molecule is C#Cc1c(F)ccc2cc(O)cc(-c3c(C(C)(C)C#N)cc4c(N5CCCC(C)(O)C(N(C)C(=O)C=C)C5)nc(OCC56CCCN5CCC6)nc4c3F)c12. The number of nitrogens with zero attached hydrogens (tertiary/aromatic N) is 6. The van der Waals surface area contributed by atoms with E-state index in [9.17, 15) is 20.3 Å². The number of anilines is 1. The quantitative estimate of drug-likeness (QED) is 0.152. The van der Waals surface area contributed by atoms with Gasteiger partial charge in [-0.1, -0.05) is 18.6 Å². The third-order valence-corrected chi connectivity index (χ3v) is 12.1. The molecule has 55 heavy (non-hydrogen) atoms. The third-order valence-electron chi connectivity index (χ3n) is 12.1. The molecule has 0 saturated carbocycles. The summed E-state index contributed by atoms with van der Waals surface area (Å²) in [6.45, 7) is 11.4.